The predicted molar refractivity (Wildman–Crippen MR) is 145 cm³/mol. The van der Waals surface area contributed by atoms with E-state index in [1.165, 1.54) is 6.20 Å². The lowest BCUT2D eigenvalue weighted by Crippen LogP contribution is -2.58. The molecule has 0 radical (unpaired) electrons. The number of rotatable bonds is 7. The topological polar surface area (TPSA) is 102 Å². The van der Waals surface area contributed by atoms with Gasteiger partial charge in [0.1, 0.15) is 17.9 Å². The van der Waals surface area contributed by atoms with Crippen molar-refractivity contribution in [2.24, 2.45) is 5.41 Å². The largest absolute Gasteiger partial charge is 0.480 e. The molecule has 0 atom stereocenters. The molecule has 2 saturated heterocycles. The Labute approximate surface area is 216 Å². The van der Waals surface area contributed by atoms with E-state index in [4.69, 9.17) is 21.1 Å². The van der Waals surface area contributed by atoms with Crippen molar-refractivity contribution in [1.29, 1.82) is 0 Å². The van der Waals surface area contributed by atoms with Crippen LogP contribution < -0.4 is 25.6 Å². The van der Waals surface area contributed by atoms with Crippen molar-refractivity contribution >= 4 is 52.9 Å². The zero-order chi connectivity index (χ0) is 25.3. The minimum absolute atomic E-state index is 0.331. The van der Waals surface area contributed by atoms with Crippen molar-refractivity contribution in [2.45, 2.75) is 12.8 Å². The number of halogens is 1. The van der Waals surface area contributed by atoms with Crippen molar-refractivity contribution in [1.82, 2.24) is 15.0 Å². The third kappa shape index (κ3) is 5.14. The average molecular weight is 529 g/mol. The lowest BCUT2D eigenvalue weighted by atomic mass is 9.73. The highest BCUT2D eigenvalue weighted by atomic mass is 35.5. The quantitative estimate of drug-likeness (QED) is 0.415. The van der Waals surface area contributed by atoms with Crippen molar-refractivity contribution in [3.63, 3.8) is 0 Å². The molecule has 2 N–H and O–H groups in total. The molecule has 9 nitrogen and oxygen atoms in total. The second-order valence-electron chi connectivity index (χ2n) is 9.73. The Bertz CT molecular complexity index is 1300. The van der Waals surface area contributed by atoms with Crippen LogP contribution >= 0.6 is 18.7 Å². The van der Waals surface area contributed by atoms with E-state index in [-0.39, 0.29) is 0 Å². The van der Waals surface area contributed by atoms with Crippen LogP contribution in [0.1, 0.15) is 12.8 Å². The molecule has 3 aromatic rings. The number of benzene rings is 1. The predicted octanol–water partition coefficient (Wildman–Crippen LogP) is 4.89. The summed E-state index contributed by atoms with van der Waals surface area (Å²) in [4.78, 5) is 15.7. The minimum Gasteiger partial charge on any atom is -0.480 e. The lowest BCUT2D eigenvalue weighted by Gasteiger charge is -2.53. The number of methoxy groups -OCH3 is 1. The smallest absolute Gasteiger partial charge is 0.237 e. The van der Waals surface area contributed by atoms with Gasteiger partial charge >= 0.3 is 0 Å². The molecule has 2 aliphatic rings. The summed E-state index contributed by atoms with van der Waals surface area (Å²) in [6.45, 7) is 7.13. The van der Waals surface area contributed by atoms with E-state index in [0.717, 1.165) is 50.1 Å². The molecule has 190 valence electrons. The molecule has 36 heavy (non-hydrogen) atoms. The Kier molecular flexibility index (Phi) is 6.81. The van der Waals surface area contributed by atoms with Gasteiger partial charge in [-0.25, -0.2) is 9.97 Å². The van der Waals surface area contributed by atoms with Gasteiger partial charge in [0.25, 0.3) is 0 Å². The third-order valence-electron chi connectivity index (χ3n) is 6.73. The maximum absolute atomic E-state index is 12.8. The lowest BCUT2D eigenvalue weighted by molar-refractivity contribution is -0.000210. The third-order valence-corrected chi connectivity index (χ3v) is 8.56. The number of nitrogens with zero attached hydrogens (tertiary/aromatic N) is 4. The van der Waals surface area contributed by atoms with Crippen LogP contribution in [0.3, 0.4) is 0 Å². The van der Waals surface area contributed by atoms with Crippen LogP contribution in [0.5, 0.6) is 5.88 Å². The number of pyridine rings is 1. The van der Waals surface area contributed by atoms with Gasteiger partial charge in [0.15, 0.2) is 5.82 Å². The molecule has 0 bridgehead atoms. The standard InChI is InChI=1S/C25H30ClN6O3P/c1-34-23-20(12-17(13-27-23)32-15-25(16-32)8-10-35-11-9-25)30-24-28-14-18(26)22(31-24)29-19-6-4-5-7-21(19)36(2,3)33/h4-7,12-14H,8-11,15-16H2,1-3H3,(H2,28,29,30,31). The molecule has 1 spiro atoms. The van der Waals surface area contributed by atoms with E-state index >= 15 is 0 Å². The van der Waals surface area contributed by atoms with Gasteiger partial charge in [-0.2, -0.15) is 4.98 Å². The molecule has 11 heteroatoms. The van der Waals surface area contributed by atoms with Gasteiger partial charge in [-0.1, -0.05) is 23.7 Å². The molecular formula is C25H30ClN6O3P. The first kappa shape index (κ1) is 24.8. The summed E-state index contributed by atoms with van der Waals surface area (Å²) >= 11 is 6.40. The first-order valence-corrected chi connectivity index (χ1v) is 14.8. The Morgan fingerprint density at radius 3 is 2.56 bits per heavy atom. The van der Waals surface area contributed by atoms with Gasteiger partial charge in [0.05, 0.1) is 30.9 Å². The number of aromatic nitrogens is 3. The summed E-state index contributed by atoms with van der Waals surface area (Å²) in [5.41, 5.74) is 2.71. The summed E-state index contributed by atoms with van der Waals surface area (Å²) in [5.74, 6) is 1.18. The van der Waals surface area contributed by atoms with E-state index in [0.29, 0.717) is 39.5 Å². The molecule has 1 aromatic carbocycles. The zero-order valence-electron chi connectivity index (χ0n) is 20.6. The summed E-state index contributed by atoms with van der Waals surface area (Å²) in [7, 11) is -0.934. The molecule has 5 rings (SSSR count). The van der Waals surface area contributed by atoms with Crippen LogP contribution in [-0.4, -0.2) is 61.7 Å². The van der Waals surface area contributed by atoms with Gasteiger partial charge in [-0.05, 0) is 44.4 Å². The van der Waals surface area contributed by atoms with E-state index in [1.54, 1.807) is 20.4 Å². The molecule has 2 aliphatic heterocycles. The van der Waals surface area contributed by atoms with Crippen molar-refractivity contribution in [3.05, 3.63) is 47.7 Å². The van der Waals surface area contributed by atoms with Crippen LogP contribution in [0.2, 0.25) is 5.02 Å². The first-order valence-electron chi connectivity index (χ1n) is 11.8. The Morgan fingerprint density at radius 1 is 1.08 bits per heavy atom. The molecule has 4 heterocycles. The molecule has 0 unspecified atom stereocenters. The van der Waals surface area contributed by atoms with E-state index in [1.807, 2.05) is 36.5 Å². The Balaban J connectivity index is 1.37. The van der Waals surface area contributed by atoms with Crippen molar-refractivity contribution < 1.29 is 14.0 Å². The van der Waals surface area contributed by atoms with Crippen LogP contribution in [0, 0.1) is 5.41 Å². The van der Waals surface area contributed by atoms with Crippen LogP contribution in [0.4, 0.5) is 28.8 Å². The summed E-state index contributed by atoms with van der Waals surface area (Å²) < 4.78 is 23.8. The van der Waals surface area contributed by atoms with Crippen LogP contribution in [0.15, 0.2) is 42.7 Å². The highest BCUT2D eigenvalue weighted by Gasteiger charge is 2.44. The van der Waals surface area contributed by atoms with Crippen LogP contribution in [-0.2, 0) is 9.30 Å². The molecule has 0 amide bonds. The van der Waals surface area contributed by atoms with Gasteiger partial charge in [-0.3, -0.25) is 0 Å². The molecule has 2 aromatic heterocycles. The van der Waals surface area contributed by atoms with E-state index in [2.05, 4.69) is 30.5 Å². The summed E-state index contributed by atoms with van der Waals surface area (Å²) in [5, 5.41) is 7.52. The fourth-order valence-electron chi connectivity index (χ4n) is 4.74. The number of para-hydroxylation sites is 1. The normalized spacial score (nSPS) is 16.9. The molecule has 2 fully saturated rings. The van der Waals surface area contributed by atoms with E-state index in [9.17, 15) is 4.57 Å². The fourth-order valence-corrected chi connectivity index (χ4v) is 6.04. The highest BCUT2D eigenvalue weighted by molar-refractivity contribution is 7.70. The number of anilines is 5. The first-order chi connectivity index (χ1) is 17.3. The van der Waals surface area contributed by atoms with Crippen molar-refractivity contribution in [3.8, 4) is 5.88 Å². The Morgan fingerprint density at radius 2 is 1.83 bits per heavy atom. The molecule has 0 aliphatic carbocycles. The second-order valence-corrected chi connectivity index (χ2v) is 13.3. The van der Waals surface area contributed by atoms with Gasteiger partial charge in [0, 0.05) is 37.0 Å². The summed E-state index contributed by atoms with van der Waals surface area (Å²) in [6.07, 6.45) is 5.55. The SMILES string of the molecule is COc1ncc(N2CC3(CCOCC3)C2)cc1Nc1ncc(Cl)c(Nc2ccccc2P(C)(C)=O)n1. The zero-order valence-corrected chi connectivity index (χ0v) is 22.3. The fraction of sp³-hybridized carbons (Fsp3) is 0.400. The van der Waals surface area contributed by atoms with Crippen molar-refractivity contribution in [2.75, 3.05) is 62.3 Å². The van der Waals surface area contributed by atoms with Gasteiger partial charge in [-0.15, -0.1) is 0 Å². The number of hydrogen-bond acceptors (Lipinski definition) is 9. The van der Waals surface area contributed by atoms with Gasteiger partial charge in [0.2, 0.25) is 11.8 Å². The Hall–Kier alpha value is -2.87. The minimum atomic E-state index is -2.51. The average Bonchev–Trinajstić information content (AvgIpc) is 2.85. The number of ether oxygens (including phenoxy) is 2. The molecule has 0 saturated carbocycles. The number of nitrogens with one attached hydrogen (secondary N) is 2. The maximum Gasteiger partial charge on any atom is 0.237 e. The van der Waals surface area contributed by atoms with Crippen LogP contribution in [0.25, 0.3) is 0 Å². The monoisotopic (exact) mass is 528 g/mol. The highest BCUT2D eigenvalue weighted by Crippen LogP contribution is 2.43. The number of hydrogen-bond donors (Lipinski definition) is 2. The maximum atomic E-state index is 12.8. The molecular weight excluding hydrogens is 499 g/mol. The summed E-state index contributed by atoms with van der Waals surface area (Å²) in [6, 6.07) is 9.44. The van der Waals surface area contributed by atoms with E-state index < -0.39 is 7.14 Å². The van der Waals surface area contributed by atoms with Gasteiger partial charge < -0.3 is 29.6 Å². The second kappa shape index (κ2) is 9.88.